The Kier molecular flexibility index (Phi) is 4.44. The van der Waals surface area contributed by atoms with E-state index in [1.807, 2.05) is 13.8 Å². The zero-order valence-corrected chi connectivity index (χ0v) is 13.5. The number of nitrogens with two attached hydrogens (primary N) is 1. The zero-order valence-electron chi connectivity index (χ0n) is 12.0. The normalized spacial score (nSPS) is 10.7. The van der Waals surface area contributed by atoms with Gasteiger partial charge in [0.2, 0.25) is 5.91 Å². The molecule has 1 amide bonds. The first-order valence-corrected chi connectivity index (χ1v) is 7.10. The number of benzene rings is 1. The number of aromatic nitrogens is 2. The van der Waals surface area contributed by atoms with E-state index in [0.29, 0.717) is 27.1 Å². The molecule has 0 aliphatic carbocycles. The van der Waals surface area contributed by atoms with Gasteiger partial charge in [0.25, 0.3) is 0 Å². The molecular formula is C14H16Cl2N4O. The number of hydrogen-bond acceptors (Lipinski definition) is 3. The zero-order chi connectivity index (χ0) is 15.7. The molecule has 2 rings (SSSR count). The fourth-order valence-electron chi connectivity index (χ4n) is 1.95. The highest BCUT2D eigenvalue weighted by atomic mass is 35.5. The molecule has 5 nitrogen and oxygen atoms in total. The van der Waals surface area contributed by atoms with E-state index in [2.05, 4.69) is 10.4 Å². The minimum atomic E-state index is -0.269. The minimum Gasteiger partial charge on any atom is -0.396 e. The molecule has 0 aliphatic rings. The van der Waals surface area contributed by atoms with Gasteiger partial charge >= 0.3 is 0 Å². The standard InChI is InChI=1S/C14H16Cl2N4O/c1-7-4-5-10(15)14(12(7)16)18-11(21)6-20-9(3)13(17)8(2)19-20/h4-5H,6,17H2,1-3H3,(H,18,21). The lowest BCUT2D eigenvalue weighted by molar-refractivity contribution is -0.116. The number of nitrogen functional groups attached to an aromatic ring is 1. The van der Waals surface area contributed by atoms with Crippen LogP contribution in [0, 0.1) is 20.8 Å². The van der Waals surface area contributed by atoms with Gasteiger partial charge in [0.15, 0.2) is 0 Å². The quantitative estimate of drug-likeness (QED) is 0.908. The minimum absolute atomic E-state index is 0.0461. The van der Waals surface area contributed by atoms with Crippen LogP contribution in [-0.4, -0.2) is 15.7 Å². The molecule has 7 heteroatoms. The van der Waals surface area contributed by atoms with Gasteiger partial charge in [-0.05, 0) is 32.4 Å². The number of rotatable bonds is 3. The number of anilines is 2. The molecular weight excluding hydrogens is 311 g/mol. The van der Waals surface area contributed by atoms with Gasteiger partial charge in [-0.3, -0.25) is 9.48 Å². The number of nitrogens with zero attached hydrogens (tertiary/aromatic N) is 2. The van der Waals surface area contributed by atoms with Gasteiger partial charge in [-0.15, -0.1) is 0 Å². The van der Waals surface area contributed by atoms with Crippen LogP contribution in [0.25, 0.3) is 0 Å². The second-order valence-corrected chi connectivity index (χ2v) is 5.63. The van der Waals surface area contributed by atoms with Crippen LogP contribution in [0.4, 0.5) is 11.4 Å². The number of aryl methyl sites for hydroxylation is 2. The van der Waals surface area contributed by atoms with Crippen LogP contribution in [0.1, 0.15) is 17.0 Å². The molecule has 0 aliphatic heterocycles. The molecule has 21 heavy (non-hydrogen) atoms. The maximum atomic E-state index is 12.1. The Morgan fingerprint density at radius 1 is 1.33 bits per heavy atom. The van der Waals surface area contributed by atoms with Gasteiger partial charge < -0.3 is 11.1 Å². The Bertz CT molecular complexity index is 709. The van der Waals surface area contributed by atoms with Crippen LogP contribution in [0.5, 0.6) is 0 Å². The molecule has 0 saturated carbocycles. The smallest absolute Gasteiger partial charge is 0.246 e. The predicted octanol–water partition coefficient (Wildman–Crippen LogP) is 3.34. The summed E-state index contributed by atoms with van der Waals surface area (Å²) < 4.78 is 1.55. The lowest BCUT2D eigenvalue weighted by Crippen LogP contribution is -2.21. The van der Waals surface area contributed by atoms with Crippen molar-refractivity contribution in [2.45, 2.75) is 27.3 Å². The lowest BCUT2D eigenvalue weighted by Gasteiger charge is -2.11. The van der Waals surface area contributed by atoms with Crippen molar-refractivity contribution in [1.29, 1.82) is 0 Å². The summed E-state index contributed by atoms with van der Waals surface area (Å²) in [5.41, 5.74) is 9.14. The maximum Gasteiger partial charge on any atom is 0.246 e. The van der Waals surface area contributed by atoms with E-state index >= 15 is 0 Å². The Morgan fingerprint density at radius 2 is 2.00 bits per heavy atom. The second-order valence-electron chi connectivity index (χ2n) is 4.84. The number of amides is 1. The van der Waals surface area contributed by atoms with Crippen LogP contribution in [0.15, 0.2) is 12.1 Å². The van der Waals surface area contributed by atoms with Gasteiger partial charge in [0.05, 0.1) is 32.8 Å². The van der Waals surface area contributed by atoms with Crippen molar-refractivity contribution >= 4 is 40.5 Å². The van der Waals surface area contributed by atoms with Gasteiger partial charge in [-0.2, -0.15) is 5.10 Å². The monoisotopic (exact) mass is 326 g/mol. The molecule has 1 aromatic heterocycles. The Balaban J connectivity index is 2.19. The maximum absolute atomic E-state index is 12.1. The van der Waals surface area contributed by atoms with Crippen LogP contribution < -0.4 is 11.1 Å². The van der Waals surface area contributed by atoms with Gasteiger partial charge in [0.1, 0.15) is 6.54 Å². The van der Waals surface area contributed by atoms with Crippen molar-refractivity contribution in [3.63, 3.8) is 0 Å². The SMILES string of the molecule is Cc1ccc(Cl)c(NC(=O)Cn2nc(C)c(N)c2C)c1Cl. The molecule has 0 saturated heterocycles. The van der Waals surface area contributed by atoms with Crippen molar-refractivity contribution in [1.82, 2.24) is 9.78 Å². The van der Waals surface area contributed by atoms with Crippen molar-refractivity contribution in [2.75, 3.05) is 11.1 Å². The van der Waals surface area contributed by atoms with Crippen molar-refractivity contribution in [3.05, 3.63) is 39.1 Å². The molecule has 0 spiro atoms. The average molecular weight is 327 g/mol. The first-order valence-electron chi connectivity index (χ1n) is 6.35. The van der Waals surface area contributed by atoms with E-state index in [0.717, 1.165) is 11.3 Å². The first kappa shape index (κ1) is 15.7. The molecule has 3 N–H and O–H groups in total. The third-order valence-electron chi connectivity index (χ3n) is 3.28. The van der Waals surface area contributed by atoms with Crippen LogP contribution in [-0.2, 0) is 11.3 Å². The summed E-state index contributed by atoms with van der Waals surface area (Å²) in [6.45, 7) is 5.50. The number of nitrogens with one attached hydrogen (secondary N) is 1. The van der Waals surface area contributed by atoms with Crippen molar-refractivity contribution in [2.24, 2.45) is 0 Å². The van der Waals surface area contributed by atoms with Gasteiger partial charge in [-0.25, -0.2) is 0 Å². The summed E-state index contributed by atoms with van der Waals surface area (Å²) in [6.07, 6.45) is 0. The fraction of sp³-hybridized carbons (Fsp3) is 0.286. The lowest BCUT2D eigenvalue weighted by atomic mass is 10.2. The summed E-state index contributed by atoms with van der Waals surface area (Å²) in [7, 11) is 0. The average Bonchev–Trinajstić information content (AvgIpc) is 2.67. The van der Waals surface area contributed by atoms with E-state index in [9.17, 15) is 4.79 Å². The van der Waals surface area contributed by atoms with Crippen molar-refractivity contribution in [3.8, 4) is 0 Å². The van der Waals surface area contributed by atoms with Gasteiger partial charge in [-0.1, -0.05) is 29.3 Å². The first-order chi connectivity index (χ1) is 9.81. The van der Waals surface area contributed by atoms with E-state index in [-0.39, 0.29) is 12.5 Å². The molecule has 0 radical (unpaired) electrons. The topological polar surface area (TPSA) is 72.9 Å². The number of carbonyl (C=O) groups excluding carboxylic acids is 1. The van der Waals surface area contributed by atoms with Crippen molar-refractivity contribution < 1.29 is 4.79 Å². The van der Waals surface area contributed by atoms with Gasteiger partial charge in [0, 0.05) is 0 Å². The van der Waals surface area contributed by atoms with Crippen LogP contribution >= 0.6 is 23.2 Å². The van der Waals surface area contributed by atoms with E-state index in [1.54, 1.807) is 23.7 Å². The summed E-state index contributed by atoms with van der Waals surface area (Å²) in [5.74, 6) is -0.269. The van der Waals surface area contributed by atoms with E-state index in [1.165, 1.54) is 0 Å². The third-order valence-corrected chi connectivity index (χ3v) is 4.08. The Hall–Kier alpha value is -1.72. The van der Waals surface area contributed by atoms with Crippen LogP contribution in [0.3, 0.4) is 0 Å². The molecule has 1 heterocycles. The van der Waals surface area contributed by atoms with E-state index in [4.69, 9.17) is 28.9 Å². The van der Waals surface area contributed by atoms with E-state index < -0.39 is 0 Å². The third kappa shape index (κ3) is 3.14. The summed E-state index contributed by atoms with van der Waals surface area (Å²) >= 11 is 12.2. The molecule has 2 aromatic rings. The largest absolute Gasteiger partial charge is 0.396 e. The molecule has 0 bridgehead atoms. The molecule has 0 fully saturated rings. The van der Waals surface area contributed by atoms with Crippen LogP contribution in [0.2, 0.25) is 10.0 Å². The Morgan fingerprint density at radius 3 is 2.57 bits per heavy atom. The highest BCUT2D eigenvalue weighted by molar-refractivity contribution is 6.40. The molecule has 0 atom stereocenters. The highest BCUT2D eigenvalue weighted by Gasteiger charge is 2.15. The Labute approximate surface area is 133 Å². The summed E-state index contributed by atoms with van der Waals surface area (Å²) in [5, 5.41) is 7.77. The second kappa shape index (κ2) is 5.95. The molecule has 112 valence electrons. The predicted molar refractivity (Wildman–Crippen MR) is 85.9 cm³/mol. The molecule has 1 aromatic carbocycles. The number of halogens is 2. The summed E-state index contributed by atoms with van der Waals surface area (Å²) in [4.78, 5) is 12.1. The number of carbonyl (C=O) groups is 1. The highest BCUT2D eigenvalue weighted by Crippen LogP contribution is 2.32. The number of hydrogen-bond donors (Lipinski definition) is 2. The molecule has 0 unspecified atom stereocenters. The fourth-order valence-corrected chi connectivity index (χ4v) is 2.42. The summed E-state index contributed by atoms with van der Waals surface area (Å²) in [6, 6.07) is 3.49.